The lowest BCUT2D eigenvalue weighted by Gasteiger charge is -2.24. The molecule has 0 bridgehead atoms. The second-order valence-corrected chi connectivity index (χ2v) is 6.50. The fourth-order valence-electron chi connectivity index (χ4n) is 1.11. The highest BCUT2D eigenvalue weighted by Crippen LogP contribution is 2.19. The molecule has 0 heterocycles. The lowest BCUT2D eigenvalue weighted by atomic mass is 10.5. The molecule has 0 atom stereocenters. The monoisotopic (exact) mass is 324 g/mol. The Kier molecular flexibility index (Phi) is 7.09. The summed E-state index contributed by atoms with van der Waals surface area (Å²) >= 11 is 5.32. The minimum atomic E-state index is -4.71. The molecular formula is C9H16ClF3N2O3S. The van der Waals surface area contributed by atoms with E-state index in [9.17, 15) is 26.4 Å². The van der Waals surface area contributed by atoms with Crippen LogP contribution in [0.1, 0.15) is 6.42 Å². The topological polar surface area (TPSA) is 57.7 Å². The zero-order valence-electron chi connectivity index (χ0n) is 10.6. The number of carbonyl (C=O) groups is 1. The summed E-state index contributed by atoms with van der Waals surface area (Å²) < 4.78 is 60.6. The first kappa shape index (κ1) is 18.5. The van der Waals surface area contributed by atoms with E-state index in [4.69, 9.17) is 11.6 Å². The number of likely N-dealkylation sites (N-methyl/N-ethyl adjacent to an activating group) is 1. The molecule has 1 amide bonds. The summed E-state index contributed by atoms with van der Waals surface area (Å²) in [5.74, 6) is -1.23. The van der Waals surface area contributed by atoms with Gasteiger partial charge < -0.3 is 4.90 Å². The summed E-state index contributed by atoms with van der Waals surface area (Å²) in [7, 11) is -1.50. The standard InChI is InChI=1S/C9H16ClF3N2O3S/c1-14(2)8(16)6-15(7-9(11,12)13)19(17,18)5-3-4-10/h3-7H2,1-2H3. The molecule has 0 radical (unpaired) electrons. The number of hydrogen-bond acceptors (Lipinski definition) is 3. The fourth-order valence-corrected chi connectivity index (χ4v) is 2.82. The van der Waals surface area contributed by atoms with Crippen LogP contribution < -0.4 is 0 Å². The predicted octanol–water partition coefficient (Wildman–Crippen LogP) is 0.898. The minimum absolute atomic E-state index is 0.0146. The molecule has 0 unspecified atom stereocenters. The molecule has 0 aliphatic carbocycles. The van der Waals surface area contributed by atoms with Crippen LogP contribution in [0.3, 0.4) is 0 Å². The van der Waals surface area contributed by atoms with Crippen molar-refractivity contribution in [2.45, 2.75) is 12.6 Å². The first-order chi connectivity index (χ1) is 8.49. The summed E-state index contributed by atoms with van der Waals surface area (Å²) in [6.45, 7) is -2.52. The molecule has 0 fully saturated rings. The van der Waals surface area contributed by atoms with Gasteiger partial charge in [-0.2, -0.15) is 17.5 Å². The van der Waals surface area contributed by atoms with Crippen LogP contribution in [0.25, 0.3) is 0 Å². The minimum Gasteiger partial charge on any atom is -0.348 e. The largest absolute Gasteiger partial charge is 0.402 e. The fraction of sp³-hybridized carbons (Fsp3) is 0.889. The highest BCUT2D eigenvalue weighted by molar-refractivity contribution is 7.89. The van der Waals surface area contributed by atoms with Crippen molar-refractivity contribution in [2.24, 2.45) is 0 Å². The molecule has 10 heteroatoms. The van der Waals surface area contributed by atoms with Crippen molar-refractivity contribution in [1.29, 1.82) is 0 Å². The summed E-state index contributed by atoms with van der Waals surface area (Å²) in [4.78, 5) is 12.4. The lowest BCUT2D eigenvalue weighted by Crippen LogP contribution is -2.45. The molecule has 0 aliphatic rings. The Morgan fingerprint density at radius 3 is 2.16 bits per heavy atom. The number of rotatable bonds is 7. The normalized spacial score (nSPS) is 12.8. The Balaban J connectivity index is 5.01. The van der Waals surface area contributed by atoms with E-state index in [0.29, 0.717) is 0 Å². The summed E-state index contributed by atoms with van der Waals surface area (Å²) in [5, 5.41) is 0. The van der Waals surface area contributed by atoms with Crippen molar-refractivity contribution in [1.82, 2.24) is 9.21 Å². The average molecular weight is 325 g/mol. The van der Waals surface area contributed by atoms with E-state index in [1.165, 1.54) is 14.1 Å². The first-order valence-electron chi connectivity index (χ1n) is 5.30. The van der Waals surface area contributed by atoms with Crippen LogP contribution in [0.4, 0.5) is 13.2 Å². The third-order valence-corrected chi connectivity index (χ3v) is 4.21. The van der Waals surface area contributed by atoms with Gasteiger partial charge in [-0.15, -0.1) is 11.6 Å². The van der Waals surface area contributed by atoms with Crippen molar-refractivity contribution in [3.8, 4) is 0 Å². The molecule has 0 spiro atoms. The molecule has 0 saturated heterocycles. The van der Waals surface area contributed by atoms with Gasteiger partial charge in [0.25, 0.3) is 0 Å². The van der Waals surface area contributed by atoms with Gasteiger partial charge in [0.15, 0.2) is 0 Å². The number of hydrogen-bond donors (Lipinski definition) is 0. The van der Waals surface area contributed by atoms with Crippen molar-refractivity contribution in [3.63, 3.8) is 0 Å². The van der Waals surface area contributed by atoms with Crippen molar-refractivity contribution in [2.75, 3.05) is 38.8 Å². The van der Waals surface area contributed by atoms with Gasteiger partial charge in [-0.1, -0.05) is 0 Å². The van der Waals surface area contributed by atoms with Crippen LogP contribution in [0.5, 0.6) is 0 Å². The van der Waals surface area contributed by atoms with Gasteiger partial charge in [-0.25, -0.2) is 8.42 Å². The van der Waals surface area contributed by atoms with Gasteiger partial charge in [0.2, 0.25) is 15.9 Å². The quantitative estimate of drug-likeness (QED) is 0.654. The number of alkyl halides is 4. The zero-order chi connectivity index (χ0) is 15.3. The van der Waals surface area contributed by atoms with E-state index < -0.39 is 40.9 Å². The number of halogens is 4. The third-order valence-electron chi connectivity index (χ3n) is 2.10. The Hall–Kier alpha value is -0.540. The van der Waals surface area contributed by atoms with E-state index in [1.54, 1.807) is 0 Å². The number of nitrogens with zero attached hydrogens (tertiary/aromatic N) is 2. The van der Waals surface area contributed by atoms with Gasteiger partial charge in [-0.05, 0) is 6.42 Å². The highest BCUT2D eigenvalue weighted by Gasteiger charge is 2.37. The maximum atomic E-state index is 12.4. The summed E-state index contributed by atoms with van der Waals surface area (Å²) in [6.07, 6.45) is -4.69. The van der Waals surface area contributed by atoms with E-state index in [1.807, 2.05) is 0 Å². The van der Waals surface area contributed by atoms with Gasteiger partial charge in [0.05, 0.1) is 12.3 Å². The van der Waals surface area contributed by atoms with Gasteiger partial charge in [0, 0.05) is 20.0 Å². The number of carbonyl (C=O) groups excluding carboxylic acids is 1. The van der Waals surface area contributed by atoms with Crippen molar-refractivity contribution < 1.29 is 26.4 Å². The van der Waals surface area contributed by atoms with Gasteiger partial charge in [-0.3, -0.25) is 4.79 Å². The van der Waals surface area contributed by atoms with Crippen LogP contribution in [0, 0.1) is 0 Å². The molecule has 0 saturated carbocycles. The number of sulfonamides is 1. The molecule has 0 aromatic rings. The van der Waals surface area contributed by atoms with E-state index >= 15 is 0 Å². The van der Waals surface area contributed by atoms with Crippen molar-refractivity contribution in [3.05, 3.63) is 0 Å². The molecule has 0 N–H and O–H groups in total. The Morgan fingerprint density at radius 1 is 1.26 bits per heavy atom. The van der Waals surface area contributed by atoms with Crippen LogP contribution in [-0.4, -0.2) is 68.5 Å². The smallest absolute Gasteiger partial charge is 0.348 e. The Morgan fingerprint density at radius 2 is 1.79 bits per heavy atom. The van der Waals surface area contributed by atoms with Crippen molar-refractivity contribution >= 4 is 27.5 Å². The maximum absolute atomic E-state index is 12.4. The molecular weight excluding hydrogens is 309 g/mol. The molecule has 19 heavy (non-hydrogen) atoms. The molecule has 0 aromatic heterocycles. The van der Waals surface area contributed by atoms with Crippen LogP contribution >= 0.6 is 11.6 Å². The Bertz CT molecular complexity index is 398. The van der Waals surface area contributed by atoms with Crippen LogP contribution in [-0.2, 0) is 14.8 Å². The molecule has 0 rings (SSSR count). The van der Waals surface area contributed by atoms with E-state index in [2.05, 4.69) is 0 Å². The lowest BCUT2D eigenvalue weighted by molar-refractivity contribution is -0.141. The summed E-state index contributed by atoms with van der Waals surface area (Å²) in [6, 6.07) is 0. The molecule has 0 aromatic carbocycles. The molecule has 0 aliphatic heterocycles. The zero-order valence-corrected chi connectivity index (χ0v) is 12.1. The second kappa shape index (κ2) is 7.30. The van der Waals surface area contributed by atoms with Crippen LogP contribution in [0.2, 0.25) is 0 Å². The molecule has 114 valence electrons. The first-order valence-corrected chi connectivity index (χ1v) is 7.44. The SMILES string of the molecule is CN(C)C(=O)CN(CC(F)(F)F)S(=O)(=O)CCCCl. The average Bonchev–Trinajstić information content (AvgIpc) is 2.23. The van der Waals surface area contributed by atoms with Crippen LogP contribution in [0.15, 0.2) is 0 Å². The number of amides is 1. The maximum Gasteiger partial charge on any atom is 0.402 e. The van der Waals surface area contributed by atoms with E-state index in [-0.39, 0.29) is 16.6 Å². The molecule has 5 nitrogen and oxygen atoms in total. The summed E-state index contributed by atoms with van der Waals surface area (Å²) in [5.41, 5.74) is 0. The second-order valence-electron chi connectivity index (χ2n) is 4.03. The third kappa shape index (κ3) is 7.58. The van der Waals surface area contributed by atoms with Gasteiger partial charge in [0.1, 0.15) is 6.54 Å². The highest BCUT2D eigenvalue weighted by atomic mass is 35.5. The predicted molar refractivity (Wildman–Crippen MR) is 65.4 cm³/mol. The Labute approximate surface area is 115 Å². The van der Waals surface area contributed by atoms with Gasteiger partial charge >= 0.3 is 6.18 Å². The van der Waals surface area contributed by atoms with E-state index in [0.717, 1.165) is 4.90 Å².